The van der Waals surface area contributed by atoms with Gasteiger partial charge >= 0.3 is 0 Å². The highest BCUT2D eigenvalue weighted by Gasteiger charge is 2.20. The molecule has 0 radical (unpaired) electrons. The maximum Gasteiger partial charge on any atom is 0.261 e. The van der Waals surface area contributed by atoms with Gasteiger partial charge in [0.2, 0.25) is 4.77 Å². The molecule has 0 saturated carbocycles. The second kappa shape index (κ2) is 5.34. The van der Waals surface area contributed by atoms with Crippen LogP contribution in [-0.2, 0) is 24.1 Å². The number of nitrogens with zero attached hydrogens (tertiary/aromatic N) is 2. The van der Waals surface area contributed by atoms with Crippen molar-refractivity contribution in [3.63, 3.8) is 0 Å². The lowest BCUT2D eigenvalue weighted by molar-refractivity contribution is 0.185. The molecule has 0 saturated heterocycles. The summed E-state index contributed by atoms with van der Waals surface area (Å²) in [4.78, 5) is 16.8. The Bertz CT molecular complexity index is 744. The number of fused-ring (bicyclic) bond motifs is 1. The minimum Gasteiger partial charge on any atom is -0.383 e. The highest BCUT2D eigenvalue weighted by atomic mass is 32.1. The van der Waals surface area contributed by atoms with Crippen LogP contribution in [0.5, 0.6) is 0 Å². The summed E-state index contributed by atoms with van der Waals surface area (Å²) in [6.45, 7) is 1.09. The third-order valence-corrected chi connectivity index (χ3v) is 3.82. The summed E-state index contributed by atoms with van der Waals surface area (Å²) in [5, 5.41) is 5.58. The Balaban J connectivity index is 2.16. The first-order chi connectivity index (χ1) is 9.70. The van der Waals surface area contributed by atoms with Gasteiger partial charge < -0.3 is 9.30 Å². The Hall–Kier alpha value is -1.73. The van der Waals surface area contributed by atoms with Crippen LogP contribution in [0.25, 0.3) is 11.4 Å². The fourth-order valence-corrected chi connectivity index (χ4v) is 2.85. The normalized spacial score (nSPS) is 13.7. The number of pyridine rings is 1. The molecule has 0 bridgehead atoms. The van der Waals surface area contributed by atoms with Crippen molar-refractivity contribution in [1.82, 2.24) is 19.7 Å². The minimum atomic E-state index is -0.0412. The van der Waals surface area contributed by atoms with E-state index in [0.29, 0.717) is 29.3 Å². The van der Waals surface area contributed by atoms with Crippen molar-refractivity contribution in [2.75, 3.05) is 13.7 Å². The van der Waals surface area contributed by atoms with E-state index in [4.69, 9.17) is 17.0 Å². The molecule has 2 N–H and O–H groups in total. The molecule has 106 valence electrons. The number of methoxy groups -OCH3 is 1. The quantitative estimate of drug-likeness (QED) is 0.836. The first-order valence-electron chi connectivity index (χ1n) is 6.60. The summed E-state index contributed by atoms with van der Waals surface area (Å²) in [6.07, 6.45) is 3.04. The molecule has 3 rings (SSSR count). The van der Waals surface area contributed by atoms with Crippen LogP contribution in [-0.4, -0.2) is 33.5 Å². The van der Waals surface area contributed by atoms with E-state index in [-0.39, 0.29) is 5.56 Å². The number of hydrogen-bond acceptors (Lipinski definition) is 4. The van der Waals surface area contributed by atoms with E-state index in [1.54, 1.807) is 7.11 Å². The summed E-state index contributed by atoms with van der Waals surface area (Å²) < 4.78 is 7.27. The molecule has 7 heteroatoms. The van der Waals surface area contributed by atoms with E-state index in [2.05, 4.69) is 15.2 Å². The van der Waals surface area contributed by atoms with Crippen LogP contribution in [0.1, 0.15) is 17.7 Å². The van der Waals surface area contributed by atoms with E-state index in [9.17, 15) is 4.79 Å². The van der Waals surface area contributed by atoms with E-state index < -0.39 is 0 Å². The molecule has 2 heterocycles. The largest absolute Gasteiger partial charge is 0.383 e. The first-order valence-corrected chi connectivity index (χ1v) is 7.01. The third kappa shape index (κ3) is 2.23. The van der Waals surface area contributed by atoms with Gasteiger partial charge in [0.25, 0.3) is 5.56 Å². The van der Waals surface area contributed by atoms with Gasteiger partial charge in [-0.3, -0.25) is 15.0 Å². The smallest absolute Gasteiger partial charge is 0.261 e. The van der Waals surface area contributed by atoms with E-state index >= 15 is 0 Å². The number of aryl methyl sites for hydroxylation is 1. The Morgan fingerprint density at radius 3 is 3.00 bits per heavy atom. The Morgan fingerprint density at radius 2 is 2.30 bits per heavy atom. The summed E-state index contributed by atoms with van der Waals surface area (Å²) in [7, 11) is 1.64. The fourth-order valence-electron chi connectivity index (χ4n) is 2.71. The van der Waals surface area contributed by atoms with Crippen molar-refractivity contribution >= 4 is 12.2 Å². The lowest BCUT2D eigenvalue weighted by atomic mass is 10.1. The fraction of sp³-hybridized carbons (Fsp3) is 0.462. The molecule has 6 nitrogen and oxygen atoms in total. The molecular formula is C13H16N4O2S. The summed E-state index contributed by atoms with van der Waals surface area (Å²) in [5.41, 5.74) is 2.87. The maximum absolute atomic E-state index is 12.6. The number of ether oxygens (including phenoxy) is 1. The van der Waals surface area contributed by atoms with Crippen LogP contribution < -0.4 is 5.56 Å². The molecule has 1 aliphatic rings. The monoisotopic (exact) mass is 292 g/mol. The van der Waals surface area contributed by atoms with Gasteiger partial charge in [-0.25, -0.2) is 0 Å². The number of hydrogen-bond donors (Lipinski definition) is 2. The second-order valence-electron chi connectivity index (χ2n) is 4.85. The predicted molar refractivity (Wildman–Crippen MR) is 77.4 cm³/mol. The van der Waals surface area contributed by atoms with Gasteiger partial charge in [0.05, 0.1) is 12.2 Å². The maximum atomic E-state index is 12.6. The standard InChI is InChI=1S/C13H16N4O2S/c1-19-6-5-17-10-4-2-3-8(10)7-9(12(17)18)11-14-13(20)16-15-11/h7H,2-6H2,1H3,(H2,14,15,16,20). The van der Waals surface area contributed by atoms with Crippen molar-refractivity contribution in [1.29, 1.82) is 0 Å². The number of rotatable bonds is 4. The van der Waals surface area contributed by atoms with Gasteiger partial charge in [-0.1, -0.05) is 0 Å². The molecule has 0 amide bonds. The number of H-pyrrole nitrogens is 2. The van der Waals surface area contributed by atoms with Crippen LogP contribution in [0.2, 0.25) is 0 Å². The zero-order valence-electron chi connectivity index (χ0n) is 11.2. The molecule has 1 aliphatic carbocycles. The molecule has 2 aromatic heterocycles. The molecule has 0 aliphatic heterocycles. The lowest BCUT2D eigenvalue weighted by Crippen LogP contribution is -2.27. The minimum absolute atomic E-state index is 0.0412. The van der Waals surface area contributed by atoms with Gasteiger partial charge in [0.15, 0.2) is 5.82 Å². The second-order valence-corrected chi connectivity index (χ2v) is 5.24. The summed E-state index contributed by atoms with van der Waals surface area (Å²) >= 11 is 4.95. The number of nitrogens with one attached hydrogen (secondary N) is 2. The molecule has 0 spiro atoms. The van der Waals surface area contributed by atoms with Crippen molar-refractivity contribution in [2.24, 2.45) is 0 Å². The van der Waals surface area contributed by atoms with Crippen LogP contribution in [0.4, 0.5) is 0 Å². The average molecular weight is 292 g/mol. The lowest BCUT2D eigenvalue weighted by Gasteiger charge is -2.13. The van der Waals surface area contributed by atoms with E-state index in [0.717, 1.165) is 25.0 Å². The van der Waals surface area contributed by atoms with Crippen LogP contribution in [0, 0.1) is 4.77 Å². The Labute approximate surface area is 120 Å². The Morgan fingerprint density at radius 1 is 1.45 bits per heavy atom. The molecule has 0 aromatic carbocycles. The van der Waals surface area contributed by atoms with Crippen molar-refractivity contribution < 1.29 is 4.74 Å². The topological polar surface area (TPSA) is 75.7 Å². The van der Waals surface area contributed by atoms with Crippen molar-refractivity contribution in [2.45, 2.75) is 25.8 Å². The SMILES string of the molecule is COCCn1c2c(cc(-c3nc(=S)[nH][nH]3)c1=O)CCC2. The van der Waals surface area contributed by atoms with Crippen LogP contribution >= 0.6 is 12.2 Å². The highest BCUT2D eigenvalue weighted by Crippen LogP contribution is 2.24. The van der Waals surface area contributed by atoms with Gasteiger partial charge in [-0.2, -0.15) is 4.98 Å². The number of aromatic nitrogens is 4. The van der Waals surface area contributed by atoms with Crippen molar-refractivity contribution in [3.05, 3.63) is 32.4 Å². The summed E-state index contributed by atoms with van der Waals surface area (Å²) in [5.74, 6) is 0.501. The average Bonchev–Trinajstić information content (AvgIpc) is 3.05. The predicted octanol–water partition coefficient (Wildman–Crippen LogP) is 1.43. The zero-order chi connectivity index (χ0) is 14.1. The molecule has 0 atom stereocenters. The van der Waals surface area contributed by atoms with Gasteiger partial charge in [0, 0.05) is 19.3 Å². The third-order valence-electron chi connectivity index (χ3n) is 3.63. The molecule has 2 aromatic rings. The van der Waals surface area contributed by atoms with Gasteiger partial charge in [0.1, 0.15) is 0 Å². The summed E-state index contributed by atoms with van der Waals surface area (Å²) in [6, 6.07) is 1.94. The first kappa shape index (κ1) is 13.3. The molecule has 0 fully saturated rings. The number of aromatic amines is 2. The van der Waals surface area contributed by atoms with Gasteiger partial charge in [-0.05, 0) is 43.1 Å². The highest BCUT2D eigenvalue weighted by molar-refractivity contribution is 7.71. The van der Waals surface area contributed by atoms with Gasteiger partial charge in [-0.15, -0.1) is 0 Å². The zero-order valence-corrected chi connectivity index (χ0v) is 12.0. The molecular weight excluding hydrogens is 276 g/mol. The van der Waals surface area contributed by atoms with Crippen molar-refractivity contribution in [3.8, 4) is 11.4 Å². The van der Waals surface area contributed by atoms with Crippen LogP contribution in [0.15, 0.2) is 10.9 Å². The molecule has 0 unspecified atom stereocenters. The van der Waals surface area contributed by atoms with Crippen LogP contribution in [0.3, 0.4) is 0 Å². The van der Waals surface area contributed by atoms with E-state index in [1.807, 2.05) is 10.6 Å². The Kier molecular flexibility index (Phi) is 3.54. The van der Waals surface area contributed by atoms with E-state index in [1.165, 1.54) is 5.56 Å². The molecule has 20 heavy (non-hydrogen) atoms.